The Kier molecular flexibility index (Phi) is 6.40. The zero-order valence-electron chi connectivity index (χ0n) is 22.4. The highest BCUT2D eigenvalue weighted by atomic mass is 19.1. The van der Waals surface area contributed by atoms with Gasteiger partial charge in [-0.05, 0) is 56.7 Å². The summed E-state index contributed by atoms with van der Waals surface area (Å²) in [7, 11) is 0. The number of alkyl halides is 1. The smallest absolute Gasteiger partial charge is 0.318 e. The fourth-order valence-electron chi connectivity index (χ4n) is 7.60. The Hall–Kier alpha value is -2.56. The minimum Gasteiger partial charge on any atom is -0.461 e. The number of hydrogen-bond acceptors (Lipinski definition) is 8. The average Bonchev–Trinajstić information content (AvgIpc) is 3.30. The van der Waals surface area contributed by atoms with Gasteiger partial charge in [0.05, 0.1) is 30.1 Å². The molecule has 3 saturated heterocycles. The van der Waals surface area contributed by atoms with Crippen molar-refractivity contribution in [3.63, 3.8) is 0 Å². The number of nitrogens with zero attached hydrogens (tertiary/aromatic N) is 4. The molecule has 2 aromatic rings. The summed E-state index contributed by atoms with van der Waals surface area (Å²) in [4.78, 5) is 14.3. The van der Waals surface area contributed by atoms with Crippen LogP contribution in [0.2, 0.25) is 0 Å². The minimum atomic E-state index is -0.822. The number of rotatable bonds is 4. The van der Waals surface area contributed by atoms with E-state index in [4.69, 9.17) is 29.9 Å². The lowest BCUT2D eigenvalue weighted by Gasteiger charge is -2.43. The van der Waals surface area contributed by atoms with E-state index in [9.17, 15) is 4.39 Å². The molecule has 0 bridgehead atoms. The molecule has 2 N–H and O–H groups in total. The van der Waals surface area contributed by atoms with E-state index in [1.807, 2.05) is 6.07 Å². The number of halogens is 2. The first kappa shape index (κ1) is 25.4. The van der Waals surface area contributed by atoms with Crippen molar-refractivity contribution < 1.29 is 23.0 Å². The molecule has 10 heteroatoms. The Labute approximate surface area is 227 Å². The Morgan fingerprint density at radius 1 is 1.10 bits per heavy atom. The van der Waals surface area contributed by atoms with E-state index in [1.54, 1.807) is 6.07 Å². The summed E-state index contributed by atoms with van der Waals surface area (Å²) in [5.74, 6) is 0.420. The topological polar surface area (TPSA) is 86.0 Å². The van der Waals surface area contributed by atoms with Crippen LogP contribution in [0.25, 0.3) is 0 Å². The lowest BCUT2D eigenvalue weighted by atomic mass is 9.74. The molecule has 0 radical (unpaired) electrons. The number of aryl methyl sites for hydroxylation is 1. The molecule has 0 amide bonds. The zero-order valence-corrected chi connectivity index (χ0v) is 22.4. The van der Waals surface area contributed by atoms with E-state index in [0.717, 1.165) is 67.8 Å². The molecule has 1 aliphatic carbocycles. The van der Waals surface area contributed by atoms with Crippen LogP contribution in [0, 0.1) is 5.82 Å². The Bertz CT molecular complexity index is 1260. The van der Waals surface area contributed by atoms with Crippen LogP contribution in [0.5, 0.6) is 6.01 Å². The van der Waals surface area contributed by atoms with E-state index >= 15 is 4.39 Å². The highest BCUT2D eigenvalue weighted by Crippen LogP contribution is 2.48. The molecular formula is C29H37F2N5O3. The number of ether oxygens (including phenoxy) is 3. The van der Waals surface area contributed by atoms with Gasteiger partial charge in [0.1, 0.15) is 24.2 Å². The van der Waals surface area contributed by atoms with Gasteiger partial charge < -0.3 is 24.8 Å². The van der Waals surface area contributed by atoms with Crippen molar-refractivity contribution in [1.82, 2.24) is 14.9 Å². The van der Waals surface area contributed by atoms with Crippen LogP contribution in [0.3, 0.4) is 0 Å². The Morgan fingerprint density at radius 3 is 2.95 bits per heavy atom. The van der Waals surface area contributed by atoms with E-state index in [1.165, 1.54) is 0 Å². The summed E-state index contributed by atoms with van der Waals surface area (Å²) in [5, 5.41) is 0. The predicted octanol–water partition coefficient (Wildman–Crippen LogP) is 3.68. The van der Waals surface area contributed by atoms with Crippen molar-refractivity contribution in [2.45, 2.75) is 75.3 Å². The molecule has 3 fully saturated rings. The zero-order chi connectivity index (χ0) is 26.6. The standard InChI is InChI=1S/C29H37F2N5O3/c30-20-14-28(7-2-10-36(28)16-20)18-38-27-33-23-15-29(8-1-4-19-5-6-22(32)25(31)24(19)29)39-17-21(23)26(34-27)35-9-3-12-37-13-11-35/h5-6,20H,1-4,7-18,32H2. The number of hydrogen-bond donors (Lipinski definition) is 1. The summed E-state index contributed by atoms with van der Waals surface area (Å²) >= 11 is 0. The van der Waals surface area contributed by atoms with Gasteiger partial charge in [0.25, 0.3) is 0 Å². The molecule has 0 saturated carbocycles. The van der Waals surface area contributed by atoms with Gasteiger partial charge in [-0.25, -0.2) is 8.78 Å². The monoisotopic (exact) mass is 541 g/mol. The molecule has 3 atom stereocenters. The highest BCUT2D eigenvalue weighted by molar-refractivity contribution is 5.54. The second-order valence-corrected chi connectivity index (χ2v) is 11.9. The fourth-order valence-corrected chi connectivity index (χ4v) is 7.60. The molecular weight excluding hydrogens is 504 g/mol. The number of anilines is 2. The number of fused-ring (bicyclic) bond motifs is 4. The van der Waals surface area contributed by atoms with Crippen molar-refractivity contribution in [2.75, 3.05) is 56.6 Å². The second-order valence-electron chi connectivity index (χ2n) is 11.9. The van der Waals surface area contributed by atoms with Gasteiger partial charge in [-0.15, -0.1) is 0 Å². The highest BCUT2D eigenvalue weighted by Gasteiger charge is 2.50. The fraction of sp³-hybridized carbons (Fsp3) is 0.655. The average molecular weight is 542 g/mol. The maximum atomic E-state index is 15.5. The number of nitrogens with two attached hydrogens (primary N) is 1. The lowest BCUT2D eigenvalue weighted by Crippen LogP contribution is -2.44. The van der Waals surface area contributed by atoms with Gasteiger partial charge >= 0.3 is 6.01 Å². The molecule has 8 nitrogen and oxygen atoms in total. The maximum Gasteiger partial charge on any atom is 0.318 e. The molecule has 1 aromatic carbocycles. The van der Waals surface area contributed by atoms with Crippen molar-refractivity contribution in [3.8, 4) is 6.01 Å². The van der Waals surface area contributed by atoms with Crippen LogP contribution in [-0.2, 0) is 34.5 Å². The molecule has 4 aliphatic heterocycles. The minimum absolute atomic E-state index is 0.143. The number of nitrogen functional groups attached to an aromatic ring is 1. The molecule has 1 spiro atoms. The van der Waals surface area contributed by atoms with Crippen LogP contribution >= 0.6 is 0 Å². The van der Waals surface area contributed by atoms with Crippen LogP contribution in [-0.4, -0.2) is 72.6 Å². The predicted molar refractivity (Wildman–Crippen MR) is 142 cm³/mol. The maximum absolute atomic E-state index is 15.5. The third-order valence-corrected chi connectivity index (χ3v) is 9.49. The van der Waals surface area contributed by atoms with Gasteiger partial charge in [0.15, 0.2) is 5.82 Å². The van der Waals surface area contributed by atoms with Gasteiger partial charge in [-0.3, -0.25) is 4.90 Å². The quantitative estimate of drug-likeness (QED) is 0.587. The second kappa shape index (κ2) is 9.82. The molecule has 3 unspecified atom stereocenters. The Morgan fingerprint density at radius 2 is 2.03 bits per heavy atom. The van der Waals surface area contributed by atoms with Gasteiger partial charge in [-0.1, -0.05) is 6.07 Å². The summed E-state index contributed by atoms with van der Waals surface area (Å²) in [5.41, 5.74) is 8.33. The van der Waals surface area contributed by atoms with E-state index < -0.39 is 11.8 Å². The van der Waals surface area contributed by atoms with Crippen LogP contribution in [0.15, 0.2) is 12.1 Å². The summed E-state index contributed by atoms with van der Waals surface area (Å²) in [6, 6.07) is 3.88. The molecule has 7 rings (SSSR count). The third-order valence-electron chi connectivity index (χ3n) is 9.49. The van der Waals surface area contributed by atoms with Crippen molar-refractivity contribution in [3.05, 3.63) is 40.3 Å². The molecule has 39 heavy (non-hydrogen) atoms. The van der Waals surface area contributed by atoms with Gasteiger partial charge in [-0.2, -0.15) is 9.97 Å². The van der Waals surface area contributed by atoms with Crippen LogP contribution < -0.4 is 15.4 Å². The van der Waals surface area contributed by atoms with Crippen LogP contribution in [0.1, 0.15) is 60.9 Å². The Balaban J connectivity index is 1.25. The third kappa shape index (κ3) is 4.35. The molecule has 210 valence electrons. The number of benzene rings is 1. The number of aromatic nitrogens is 2. The van der Waals surface area contributed by atoms with E-state index in [2.05, 4.69) is 9.80 Å². The van der Waals surface area contributed by atoms with Gasteiger partial charge in [0.2, 0.25) is 0 Å². The van der Waals surface area contributed by atoms with Crippen LogP contribution in [0.4, 0.5) is 20.3 Å². The van der Waals surface area contributed by atoms with E-state index in [-0.39, 0.29) is 23.7 Å². The normalized spacial score (nSPS) is 30.6. The molecule has 5 heterocycles. The molecule has 5 aliphatic rings. The lowest BCUT2D eigenvalue weighted by molar-refractivity contribution is -0.0876. The first-order chi connectivity index (χ1) is 19.0. The first-order valence-electron chi connectivity index (χ1n) is 14.4. The summed E-state index contributed by atoms with van der Waals surface area (Å²) in [6.45, 7) is 4.89. The summed E-state index contributed by atoms with van der Waals surface area (Å²) < 4.78 is 48.5. The SMILES string of the molecule is Nc1ccc2c(c1F)C1(CCC2)Cc2nc(OCC34CCCN3CC(F)C4)nc(N3CCCOCC3)c2CO1. The van der Waals surface area contributed by atoms with Crippen molar-refractivity contribution in [2.24, 2.45) is 0 Å². The van der Waals surface area contributed by atoms with Crippen molar-refractivity contribution in [1.29, 1.82) is 0 Å². The molecule has 1 aromatic heterocycles. The summed E-state index contributed by atoms with van der Waals surface area (Å²) in [6.07, 6.45) is 5.36. The largest absolute Gasteiger partial charge is 0.461 e. The van der Waals surface area contributed by atoms with E-state index in [0.29, 0.717) is 63.7 Å². The van der Waals surface area contributed by atoms with Gasteiger partial charge in [0, 0.05) is 50.2 Å². The van der Waals surface area contributed by atoms with Crippen molar-refractivity contribution >= 4 is 11.5 Å². The first-order valence-corrected chi connectivity index (χ1v) is 14.4.